The molecular formula is C26H28FNO5. The van der Waals surface area contributed by atoms with Crippen molar-refractivity contribution < 1.29 is 28.2 Å². The van der Waals surface area contributed by atoms with Crippen molar-refractivity contribution >= 4 is 17.4 Å². The highest BCUT2D eigenvalue weighted by Gasteiger charge is 2.45. The predicted octanol–water partition coefficient (Wildman–Crippen LogP) is 5.02. The lowest BCUT2D eigenvalue weighted by Crippen LogP contribution is -2.44. The molecule has 0 spiro atoms. The van der Waals surface area contributed by atoms with Crippen LogP contribution >= 0.6 is 0 Å². The molecule has 1 atom stereocenters. The number of nitrogens with zero attached hydrogens (tertiary/aromatic N) is 1. The fourth-order valence-electron chi connectivity index (χ4n) is 4.92. The van der Waals surface area contributed by atoms with Crippen LogP contribution in [0.5, 0.6) is 17.2 Å². The molecule has 0 bridgehead atoms. The maximum Gasteiger partial charge on any atom is 0.232 e. The van der Waals surface area contributed by atoms with Gasteiger partial charge in [-0.25, -0.2) is 4.39 Å². The topological polar surface area (TPSA) is 65.1 Å². The molecule has 0 fully saturated rings. The third-order valence-electron chi connectivity index (χ3n) is 6.35. The number of anilines is 1. The van der Waals surface area contributed by atoms with E-state index < -0.39 is 11.7 Å². The maximum atomic E-state index is 14.8. The van der Waals surface area contributed by atoms with Crippen molar-refractivity contribution in [3.63, 3.8) is 0 Å². The molecule has 6 nitrogen and oxygen atoms in total. The highest BCUT2D eigenvalue weighted by Crippen LogP contribution is 2.51. The zero-order chi connectivity index (χ0) is 23.9. The Hall–Kier alpha value is -3.35. The number of rotatable bonds is 5. The lowest BCUT2D eigenvalue weighted by molar-refractivity contribution is -0.121. The molecule has 33 heavy (non-hydrogen) atoms. The number of Topliss-reactive ketones (excluding diaryl/α,β-unsaturated/α-hetero) is 1. The van der Waals surface area contributed by atoms with Crippen LogP contribution in [0, 0.1) is 11.2 Å². The van der Waals surface area contributed by atoms with Crippen LogP contribution in [0.1, 0.15) is 44.6 Å². The summed E-state index contributed by atoms with van der Waals surface area (Å²) in [5, 5.41) is 0. The van der Waals surface area contributed by atoms with Crippen molar-refractivity contribution in [3.05, 3.63) is 59.0 Å². The van der Waals surface area contributed by atoms with Gasteiger partial charge >= 0.3 is 0 Å². The molecule has 0 radical (unpaired) electrons. The van der Waals surface area contributed by atoms with Crippen LogP contribution < -0.4 is 19.1 Å². The number of ketones is 1. The van der Waals surface area contributed by atoms with E-state index in [1.807, 2.05) is 13.8 Å². The van der Waals surface area contributed by atoms with Gasteiger partial charge in [0, 0.05) is 41.7 Å². The Labute approximate surface area is 192 Å². The number of benzene rings is 2. The maximum absolute atomic E-state index is 14.8. The van der Waals surface area contributed by atoms with Crippen molar-refractivity contribution in [2.75, 3.05) is 26.2 Å². The number of allylic oxidation sites excluding steroid dienone is 2. The fraction of sp³-hybridized carbons (Fsp3) is 0.385. The number of hydrogen-bond donors (Lipinski definition) is 0. The Kier molecular flexibility index (Phi) is 5.91. The summed E-state index contributed by atoms with van der Waals surface area (Å²) >= 11 is 0. The Morgan fingerprint density at radius 2 is 1.58 bits per heavy atom. The van der Waals surface area contributed by atoms with E-state index in [4.69, 9.17) is 14.2 Å². The zero-order valence-electron chi connectivity index (χ0n) is 19.5. The van der Waals surface area contributed by atoms with Crippen LogP contribution in [-0.2, 0) is 9.59 Å². The molecule has 2 aliphatic rings. The van der Waals surface area contributed by atoms with E-state index in [1.54, 1.807) is 30.3 Å². The van der Waals surface area contributed by atoms with E-state index in [1.165, 1.54) is 32.3 Å². The molecule has 1 amide bonds. The van der Waals surface area contributed by atoms with Crippen molar-refractivity contribution in [3.8, 4) is 17.2 Å². The van der Waals surface area contributed by atoms with E-state index in [-0.39, 0.29) is 29.2 Å². The van der Waals surface area contributed by atoms with Gasteiger partial charge in [-0.05, 0) is 30.0 Å². The molecule has 0 saturated carbocycles. The molecular weight excluding hydrogens is 425 g/mol. The van der Waals surface area contributed by atoms with Gasteiger partial charge in [0.1, 0.15) is 11.6 Å². The lowest BCUT2D eigenvalue weighted by atomic mass is 9.69. The number of halogens is 1. The molecule has 174 valence electrons. The second-order valence-electron chi connectivity index (χ2n) is 9.19. The fourth-order valence-corrected chi connectivity index (χ4v) is 4.92. The van der Waals surface area contributed by atoms with Crippen LogP contribution in [0.15, 0.2) is 47.7 Å². The SMILES string of the molecule is COc1cc(OC)c([C@@H]2CC(=O)N(c3ccccc3F)C3=C2C(=O)CC(C)(C)C3)cc1OC. The Bertz CT molecular complexity index is 1150. The molecule has 0 N–H and O–H groups in total. The minimum atomic E-state index is -0.533. The second-order valence-corrected chi connectivity index (χ2v) is 9.19. The summed E-state index contributed by atoms with van der Waals surface area (Å²) in [4.78, 5) is 28.4. The number of methoxy groups -OCH3 is 3. The highest BCUT2D eigenvalue weighted by molar-refractivity contribution is 6.08. The Balaban J connectivity index is 1.96. The number of amides is 1. The highest BCUT2D eigenvalue weighted by atomic mass is 19.1. The third-order valence-corrected chi connectivity index (χ3v) is 6.35. The Morgan fingerprint density at radius 3 is 2.21 bits per heavy atom. The quantitative estimate of drug-likeness (QED) is 0.636. The van der Waals surface area contributed by atoms with E-state index in [0.717, 1.165) is 0 Å². The lowest BCUT2D eigenvalue weighted by Gasteiger charge is -2.43. The summed E-state index contributed by atoms with van der Waals surface area (Å²) in [5.41, 5.74) is 1.56. The molecule has 0 unspecified atom stereocenters. The molecule has 1 aliphatic carbocycles. The summed E-state index contributed by atoms with van der Waals surface area (Å²) in [6.45, 7) is 3.97. The van der Waals surface area contributed by atoms with Crippen LogP contribution in [0.3, 0.4) is 0 Å². The van der Waals surface area contributed by atoms with Crippen molar-refractivity contribution in [2.24, 2.45) is 5.41 Å². The van der Waals surface area contributed by atoms with E-state index in [9.17, 15) is 14.0 Å². The standard InChI is InChI=1S/C26H28FNO5/c1-26(2)13-19-25(20(29)14-26)16(11-24(30)28(19)18-9-7-6-8-17(18)27)15-10-22(32-4)23(33-5)12-21(15)31-3/h6-10,12,16H,11,13-14H2,1-5H3/t16-/m0/s1. The molecule has 2 aromatic rings. The average molecular weight is 454 g/mol. The molecule has 1 aliphatic heterocycles. The van der Waals surface area contributed by atoms with Gasteiger partial charge in [0.25, 0.3) is 0 Å². The van der Waals surface area contributed by atoms with Crippen LogP contribution in [0.4, 0.5) is 10.1 Å². The summed E-state index contributed by atoms with van der Waals surface area (Å²) in [5.74, 6) is 0.100. The van der Waals surface area contributed by atoms with Crippen molar-refractivity contribution in [1.82, 2.24) is 0 Å². The molecule has 4 rings (SSSR count). The van der Waals surface area contributed by atoms with Gasteiger partial charge in [-0.1, -0.05) is 26.0 Å². The van der Waals surface area contributed by atoms with Crippen LogP contribution in [-0.4, -0.2) is 33.0 Å². The number of para-hydroxylation sites is 1. The number of ether oxygens (including phenoxy) is 3. The second kappa shape index (κ2) is 8.54. The van der Waals surface area contributed by atoms with Gasteiger partial charge in [-0.3, -0.25) is 14.5 Å². The van der Waals surface area contributed by atoms with Crippen molar-refractivity contribution in [1.29, 1.82) is 0 Å². The molecule has 7 heteroatoms. The summed E-state index contributed by atoms with van der Waals surface area (Å²) in [7, 11) is 4.59. The van der Waals surface area contributed by atoms with Gasteiger partial charge in [-0.15, -0.1) is 0 Å². The molecule has 1 heterocycles. The van der Waals surface area contributed by atoms with Gasteiger partial charge in [0.2, 0.25) is 5.91 Å². The molecule has 2 aromatic carbocycles. The van der Waals surface area contributed by atoms with Crippen LogP contribution in [0.2, 0.25) is 0 Å². The first kappa shape index (κ1) is 22.8. The first-order valence-corrected chi connectivity index (χ1v) is 10.8. The molecule has 0 aromatic heterocycles. The summed E-state index contributed by atoms with van der Waals surface area (Å²) in [6, 6.07) is 9.61. The van der Waals surface area contributed by atoms with E-state index in [2.05, 4.69) is 0 Å². The van der Waals surface area contributed by atoms with E-state index in [0.29, 0.717) is 46.9 Å². The summed E-state index contributed by atoms with van der Waals surface area (Å²) < 4.78 is 31.2. The first-order valence-electron chi connectivity index (χ1n) is 10.8. The normalized spacial score (nSPS) is 19.9. The third kappa shape index (κ3) is 3.96. The van der Waals surface area contributed by atoms with Gasteiger partial charge in [-0.2, -0.15) is 0 Å². The monoisotopic (exact) mass is 453 g/mol. The van der Waals surface area contributed by atoms with Crippen molar-refractivity contribution in [2.45, 2.75) is 39.0 Å². The largest absolute Gasteiger partial charge is 0.496 e. The number of hydrogen-bond acceptors (Lipinski definition) is 5. The van der Waals surface area contributed by atoms with E-state index >= 15 is 0 Å². The number of carbonyl (C=O) groups is 2. The minimum absolute atomic E-state index is 0.00514. The van der Waals surface area contributed by atoms with Gasteiger partial charge in [0.15, 0.2) is 17.3 Å². The number of carbonyl (C=O) groups excluding carboxylic acids is 2. The average Bonchev–Trinajstić information content (AvgIpc) is 2.77. The predicted molar refractivity (Wildman–Crippen MR) is 122 cm³/mol. The molecule has 0 saturated heterocycles. The van der Waals surface area contributed by atoms with Crippen LogP contribution in [0.25, 0.3) is 0 Å². The van der Waals surface area contributed by atoms with Gasteiger partial charge < -0.3 is 14.2 Å². The smallest absolute Gasteiger partial charge is 0.232 e. The minimum Gasteiger partial charge on any atom is -0.496 e. The Morgan fingerprint density at radius 1 is 0.939 bits per heavy atom. The summed E-state index contributed by atoms with van der Waals surface area (Å²) in [6.07, 6.45) is 0.822. The zero-order valence-corrected chi connectivity index (χ0v) is 19.5. The first-order chi connectivity index (χ1) is 15.7. The van der Waals surface area contributed by atoms with Gasteiger partial charge in [0.05, 0.1) is 27.0 Å².